The van der Waals surface area contributed by atoms with Gasteiger partial charge in [0.2, 0.25) is 0 Å². The Bertz CT molecular complexity index is 906. The number of imidazole rings is 1. The van der Waals surface area contributed by atoms with Crippen LogP contribution in [0.1, 0.15) is 10.5 Å². The first-order chi connectivity index (χ1) is 12.0. The van der Waals surface area contributed by atoms with Crippen molar-refractivity contribution in [2.24, 2.45) is 5.73 Å². The molecule has 0 spiro atoms. The fourth-order valence-corrected chi connectivity index (χ4v) is 2.38. The van der Waals surface area contributed by atoms with Crippen LogP contribution in [0.5, 0.6) is 0 Å². The highest BCUT2D eigenvalue weighted by Gasteiger charge is 2.16. The quantitative estimate of drug-likeness (QED) is 0.508. The number of hydrogen-bond donors (Lipinski definition) is 4. The Hall–Kier alpha value is -3.04. The second kappa shape index (κ2) is 8.18. The second-order valence-electron chi connectivity index (χ2n) is 5.12. The molecule has 0 aliphatic carbocycles. The molecule has 132 valence electrons. The molecule has 5 N–H and O–H groups in total. The highest BCUT2D eigenvalue weighted by molar-refractivity contribution is 6.11. The highest BCUT2D eigenvalue weighted by atomic mass is 16.4. The van der Waals surface area contributed by atoms with E-state index in [4.69, 9.17) is 15.9 Å². The zero-order valence-electron chi connectivity index (χ0n) is 13.6. The Labute approximate surface area is 143 Å². The zero-order valence-corrected chi connectivity index (χ0v) is 13.6. The van der Waals surface area contributed by atoms with E-state index in [9.17, 15) is 9.59 Å². The van der Waals surface area contributed by atoms with E-state index in [1.165, 1.54) is 0 Å². The molecule has 2 heterocycles. The number of para-hydroxylation sites is 1. The van der Waals surface area contributed by atoms with E-state index in [1.807, 2.05) is 24.3 Å². The molecule has 2 aromatic heterocycles. The number of amides is 1. The van der Waals surface area contributed by atoms with Gasteiger partial charge >= 0.3 is 5.97 Å². The lowest BCUT2D eigenvalue weighted by molar-refractivity contribution is -0.135. The van der Waals surface area contributed by atoms with E-state index in [0.717, 1.165) is 10.9 Å². The monoisotopic (exact) mass is 345 g/mol. The van der Waals surface area contributed by atoms with Gasteiger partial charge in [-0.05, 0) is 13.1 Å². The summed E-state index contributed by atoms with van der Waals surface area (Å²) in [7, 11) is 1.59. The number of carbonyl (C=O) groups is 2. The largest absolute Gasteiger partial charge is 0.480 e. The van der Waals surface area contributed by atoms with Crippen LogP contribution in [0.15, 0.2) is 30.6 Å². The molecule has 0 aliphatic heterocycles. The lowest BCUT2D eigenvalue weighted by atomic mass is 10.1. The topological polar surface area (TPSA) is 143 Å². The number of benzene rings is 1. The number of aromatic nitrogens is 3. The number of carbonyl (C=O) groups excluding carboxylic acids is 1. The number of primary amides is 1. The van der Waals surface area contributed by atoms with Gasteiger partial charge in [0, 0.05) is 11.9 Å². The van der Waals surface area contributed by atoms with Crippen molar-refractivity contribution in [1.29, 1.82) is 0 Å². The van der Waals surface area contributed by atoms with Gasteiger partial charge in [0.05, 0.1) is 30.5 Å². The highest BCUT2D eigenvalue weighted by Crippen LogP contribution is 2.25. The number of nitrogens with zero attached hydrogens (tertiary/aromatic N) is 3. The van der Waals surface area contributed by atoms with Crippen molar-refractivity contribution < 1.29 is 19.8 Å². The maximum Gasteiger partial charge on any atom is 0.317 e. The number of nitrogens with two attached hydrogens (primary N) is 1. The first kappa shape index (κ1) is 18.3. The fourth-order valence-electron chi connectivity index (χ4n) is 2.38. The van der Waals surface area contributed by atoms with Gasteiger partial charge in [0.1, 0.15) is 5.52 Å². The van der Waals surface area contributed by atoms with E-state index < -0.39 is 11.9 Å². The van der Waals surface area contributed by atoms with E-state index in [1.54, 1.807) is 17.9 Å². The Kier molecular flexibility index (Phi) is 5.98. The minimum Gasteiger partial charge on any atom is -0.480 e. The molecule has 9 heteroatoms. The van der Waals surface area contributed by atoms with Crippen LogP contribution in [0.25, 0.3) is 21.9 Å². The van der Waals surface area contributed by atoms with Crippen molar-refractivity contribution >= 4 is 33.8 Å². The summed E-state index contributed by atoms with van der Waals surface area (Å²) < 4.78 is 1.80. The molecule has 0 fully saturated rings. The average Bonchev–Trinajstić information content (AvgIpc) is 2.99. The van der Waals surface area contributed by atoms with Crippen molar-refractivity contribution in [3.05, 3.63) is 36.3 Å². The Morgan fingerprint density at radius 3 is 2.60 bits per heavy atom. The molecule has 0 saturated carbocycles. The molecule has 0 aliphatic rings. The molecule has 3 aromatic rings. The average molecular weight is 345 g/mol. The van der Waals surface area contributed by atoms with Gasteiger partial charge in [-0.15, -0.1) is 0 Å². The number of carboxylic acids is 1. The molecule has 1 amide bonds. The maximum absolute atomic E-state index is 11.5. The number of fused-ring (bicyclic) bond motifs is 3. The number of hydrogen-bond acceptors (Lipinski definition) is 6. The maximum atomic E-state index is 11.5. The summed E-state index contributed by atoms with van der Waals surface area (Å²) in [6, 6.07) is 7.46. The Balaban J connectivity index is 0.000000326. The summed E-state index contributed by atoms with van der Waals surface area (Å²) in [5, 5.41) is 20.3. The lowest BCUT2D eigenvalue weighted by Crippen LogP contribution is -2.16. The number of aliphatic hydroxyl groups is 1. The van der Waals surface area contributed by atoms with Crippen molar-refractivity contribution in [1.82, 2.24) is 19.9 Å². The summed E-state index contributed by atoms with van der Waals surface area (Å²) in [4.78, 5) is 29.5. The lowest BCUT2D eigenvalue weighted by Gasteiger charge is -2.06. The number of nitrogens with one attached hydrogen (secondary N) is 1. The van der Waals surface area contributed by atoms with Crippen molar-refractivity contribution in [3.8, 4) is 0 Å². The summed E-state index contributed by atoms with van der Waals surface area (Å²) in [5.41, 5.74) is 7.44. The smallest absolute Gasteiger partial charge is 0.317 e. The van der Waals surface area contributed by atoms with E-state index >= 15 is 0 Å². The van der Waals surface area contributed by atoms with Crippen LogP contribution >= 0.6 is 0 Å². The number of carboxylic acid groups (broad SMARTS) is 1. The third kappa shape index (κ3) is 4.08. The molecule has 25 heavy (non-hydrogen) atoms. The first-order valence-corrected chi connectivity index (χ1v) is 7.50. The van der Waals surface area contributed by atoms with Crippen LogP contribution in [0.3, 0.4) is 0 Å². The first-order valence-electron chi connectivity index (χ1n) is 7.50. The van der Waals surface area contributed by atoms with Gasteiger partial charge in [-0.1, -0.05) is 18.2 Å². The number of rotatable bonds is 5. The molecule has 9 nitrogen and oxygen atoms in total. The van der Waals surface area contributed by atoms with Crippen molar-refractivity contribution in [2.45, 2.75) is 6.54 Å². The minimum atomic E-state index is -0.822. The van der Waals surface area contributed by atoms with E-state index in [-0.39, 0.29) is 18.8 Å². The zero-order chi connectivity index (χ0) is 18.4. The van der Waals surface area contributed by atoms with Gasteiger partial charge in [0.25, 0.3) is 5.91 Å². The second-order valence-corrected chi connectivity index (χ2v) is 5.12. The predicted octanol–water partition coefficient (Wildman–Crippen LogP) is -0.0339. The fraction of sp³-hybridized carbons (Fsp3) is 0.250. The van der Waals surface area contributed by atoms with Crippen LogP contribution in [-0.2, 0) is 11.3 Å². The predicted molar refractivity (Wildman–Crippen MR) is 92.2 cm³/mol. The molecule has 0 radical (unpaired) electrons. The van der Waals surface area contributed by atoms with Gasteiger partial charge in [-0.3, -0.25) is 9.59 Å². The number of aliphatic carboxylic acids is 1. The summed E-state index contributed by atoms with van der Waals surface area (Å²) in [5.74, 6) is -1.43. The Morgan fingerprint density at radius 2 is 2.04 bits per heavy atom. The molecule has 0 unspecified atom stereocenters. The van der Waals surface area contributed by atoms with Crippen LogP contribution in [0.4, 0.5) is 0 Å². The molecule has 0 saturated heterocycles. The standard InChI is InChI=1S/C13H12N4O2.C3H7NO2/c14-13(19)11-10-12(17(5-6-18)7-15-10)8-3-1-2-4-9(8)16-11;1-4-2-3(5)6/h1-4,7,18H,5-6H2,(H2,14,19);4H,2H2,1H3,(H,5,6). The molecule has 0 atom stereocenters. The summed E-state index contributed by atoms with van der Waals surface area (Å²) in [6.45, 7) is 0.441. The Morgan fingerprint density at radius 1 is 1.32 bits per heavy atom. The molecular formula is C16H19N5O4. The minimum absolute atomic E-state index is 0.00594. The van der Waals surface area contributed by atoms with Gasteiger partial charge in [-0.2, -0.15) is 0 Å². The SMILES string of the molecule is CNCC(=O)O.NC(=O)c1nc2ccccc2c2c1ncn2CCO. The van der Waals surface area contributed by atoms with Crippen LogP contribution < -0.4 is 11.1 Å². The van der Waals surface area contributed by atoms with Crippen molar-refractivity contribution in [2.75, 3.05) is 20.2 Å². The van der Waals surface area contributed by atoms with Gasteiger partial charge in [-0.25, -0.2) is 9.97 Å². The normalized spacial score (nSPS) is 10.5. The van der Waals surface area contributed by atoms with Gasteiger partial charge < -0.3 is 25.8 Å². The molecule has 1 aromatic carbocycles. The number of aliphatic hydroxyl groups excluding tert-OH is 1. The van der Waals surface area contributed by atoms with Crippen LogP contribution in [0, 0.1) is 0 Å². The summed E-state index contributed by atoms with van der Waals surface area (Å²) in [6.07, 6.45) is 1.58. The van der Waals surface area contributed by atoms with Crippen LogP contribution in [-0.4, -0.2) is 56.8 Å². The molecule has 0 bridgehead atoms. The third-order valence-electron chi connectivity index (χ3n) is 3.36. The molecule has 3 rings (SSSR count). The van der Waals surface area contributed by atoms with Gasteiger partial charge in [0.15, 0.2) is 5.69 Å². The summed E-state index contributed by atoms with van der Waals surface area (Å²) >= 11 is 0. The van der Waals surface area contributed by atoms with E-state index in [0.29, 0.717) is 17.6 Å². The number of likely N-dealkylation sites (N-methyl/N-ethyl adjacent to an activating group) is 1. The number of pyridine rings is 1. The third-order valence-corrected chi connectivity index (χ3v) is 3.36. The van der Waals surface area contributed by atoms with Crippen LogP contribution in [0.2, 0.25) is 0 Å². The molecular weight excluding hydrogens is 326 g/mol. The van der Waals surface area contributed by atoms with E-state index in [2.05, 4.69) is 15.3 Å². The van der Waals surface area contributed by atoms with Crippen molar-refractivity contribution in [3.63, 3.8) is 0 Å².